The molecule has 0 radical (unpaired) electrons. The molecule has 0 aromatic heterocycles. The summed E-state index contributed by atoms with van der Waals surface area (Å²) in [7, 11) is 0. The molecule has 2 aliphatic carbocycles. The summed E-state index contributed by atoms with van der Waals surface area (Å²) in [5.74, 6) is -1.56. The lowest BCUT2D eigenvalue weighted by Crippen LogP contribution is -2.58. The van der Waals surface area contributed by atoms with Gasteiger partial charge in [0.05, 0.1) is 12.2 Å². The molecule has 6 heteroatoms. The topological polar surface area (TPSA) is 93.1 Å². The number of aliphatic hydroxyl groups is 2. The van der Waals surface area contributed by atoms with Crippen LogP contribution in [0, 0.1) is 17.3 Å². The highest BCUT2D eigenvalue weighted by atomic mass is 16.6. The Morgan fingerprint density at radius 1 is 1.38 bits per heavy atom. The zero-order chi connectivity index (χ0) is 19.4. The van der Waals surface area contributed by atoms with E-state index in [9.17, 15) is 19.8 Å². The molecule has 0 amide bonds. The first-order valence-corrected chi connectivity index (χ1v) is 9.18. The molecule has 1 heterocycles. The van der Waals surface area contributed by atoms with E-state index in [1.807, 2.05) is 13.8 Å². The van der Waals surface area contributed by atoms with Crippen molar-refractivity contribution in [3.63, 3.8) is 0 Å². The summed E-state index contributed by atoms with van der Waals surface area (Å²) in [5, 5.41) is 20.7. The molecule has 6 nitrogen and oxygen atoms in total. The third kappa shape index (κ3) is 2.54. The van der Waals surface area contributed by atoms with Crippen LogP contribution in [0.4, 0.5) is 0 Å². The first-order chi connectivity index (χ1) is 12.1. The number of hydrogen-bond acceptors (Lipinski definition) is 6. The van der Waals surface area contributed by atoms with Crippen molar-refractivity contribution in [3.05, 3.63) is 23.3 Å². The number of esters is 2. The summed E-state index contributed by atoms with van der Waals surface area (Å²) < 4.78 is 11.3. The number of allylic oxidation sites excluding steroid dienone is 1. The van der Waals surface area contributed by atoms with Gasteiger partial charge in [0.25, 0.3) is 0 Å². The maximum Gasteiger partial charge on any atom is 0.351 e. The molecule has 1 saturated heterocycles. The molecule has 0 spiro atoms. The molecule has 7 atom stereocenters. The molecular formula is C20H28O6. The summed E-state index contributed by atoms with van der Waals surface area (Å²) >= 11 is 0. The predicted molar refractivity (Wildman–Crippen MR) is 93.9 cm³/mol. The Kier molecular flexibility index (Phi) is 4.56. The van der Waals surface area contributed by atoms with Crippen LogP contribution in [0.1, 0.15) is 47.5 Å². The number of hydrogen-bond donors (Lipinski definition) is 2. The van der Waals surface area contributed by atoms with Gasteiger partial charge in [-0.05, 0) is 40.5 Å². The van der Waals surface area contributed by atoms with Gasteiger partial charge in [-0.25, -0.2) is 9.59 Å². The van der Waals surface area contributed by atoms with Crippen LogP contribution in [-0.4, -0.2) is 46.1 Å². The maximum atomic E-state index is 12.7. The largest absolute Gasteiger partial charge is 0.458 e. The lowest BCUT2D eigenvalue weighted by molar-refractivity contribution is -0.170. The first-order valence-electron chi connectivity index (χ1n) is 9.18. The van der Waals surface area contributed by atoms with Crippen LogP contribution >= 0.6 is 0 Å². The van der Waals surface area contributed by atoms with Crippen molar-refractivity contribution in [2.24, 2.45) is 17.3 Å². The van der Waals surface area contributed by atoms with Crippen molar-refractivity contribution in [2.45, 2.75) is 71.4 Å². The molecule has 144 valence electrons. The van der Waals surface area contributed by atoms with E-state index in [0.717, 1.165) is 5.57 Å². The monoisotopic (exact) mass is 364 g/mol. The van der Waals surface area contributed by atoms with Gasteiger partial charge in [0.1, 0.15) is 6.10 Å². The lowest BCUT2D eigenvalue weighted by Gasteiger charge is -2.53. The van der Waals surface area contributed by atoms with Gasteiger partial charge >= 0.3 is 11.9 Å². The molecule has 1 saturated carbocycles. The Balaban J connectivity index is 1.96. The van der Waals surface area contributed by atoms with Crippen molar-refractivity contribution in [2.75, 3.05) is 0 Å². The third-order valence-corrected chi connectivity index (χ3v) is 6.77. The molecule has 3 aliphatic rings. The number of ether oxygens (including phenoxy) is 2. The molecule has 2 N–H and O–H groups in total. The second-order valence-corrected chi connectivity index (χ2v) is 8.31. The summed E-state index contributed by atoms with van der Waals surface area (Å²) in [6, 6.07) is 0. The van der Waals surface area contributed by atoms with Crippen LogP contribution in [0.15, 0.2) is 23.3 Å². The van der Waals surface area contributed by atoms with Gasteiger partial charge in [-0.2, -0.15) is 0 Å². The van der Waals surface area contributed by atoms with E-state index < -0.39 is 41.3 Å². The second-order valence-electron chi connectivity index (χ2n) is 8.31. The zero-order valence-electron chi connectivity index (χ0n) is 16.0. The quantitative estimate of drug-likeness (QED) is 0.442. The second kappa shape index (κ2) is 6.20. The van der Waals surface area contributed by atoms with Crippen molar-refractivity contribution in [1.29, 1.82) is 0 Å². The van der Waals surface area contributed by atoms with E-state index in [2.05, 4.69) is 0 Å². The zero-order valence-corrected chi connectivity index (χ0v) is 16.0. The smallest absolute Gasteiger partial charge is 0.351 e. The maximum absolute atomic E-state index is 12.7. The van der Waals surface area contributed by atoms with E-state index >= 15 is 0 Å². The van der Waals surface area contributed by atoms with Gasteiger partial charge in [0, 0.05) is 22.8 Å². The van der Waals surface area contributed by atoms with E-state index in [1.165, 1.54) is 0 Å². The van der Waals surface area contributed by atoms with Crippen LogP contribution < -0.4 is 0 Å². The first kappa shape index (κ1) is 19.1. The van der Waals surface area contributed by atoms with Crippen molar-refractivity contribution >= 4 is 11.9 Å². The minimum Gasteiger partial charge on any atom is -0.458 e. The Hall–Kier alpha value is -1.66. The molecular weight excluding hydrogens is 336 g/mol. The average Bonchev–Trinajstić information content (AvgIpc) is 2.82. The van der Waals surface area contributed by atoms with Gasteiger partial charge in [-0.15, -0.1) is 0 Å². The van der Waals surface area contributed by atoms with Crippen molar-refractivity contribution in [3.8, 4) is 0 Å². The number of fused-ring (bicyclic) bond motifs is 3. The Labute approximate surface area is 153 Å². The molecule has 0 bridgehead atoms. The average molecular weight is 364 g/mol. The fourth-order valence-electron chi connectivity index (χ4n) is 5.00. The standard InChI is InChI=1S/C20H28O6/c1-6-10(2)17(23)26-20(5)12-7-8-19(4)14(15(12)25-18(20)24)11(3)9-13(21)16(19)22/h6,9,12-16,21-22H,7-8H2,1-5H3. The van der Waals surface area contributed by atoms with Crippen LogP contribution in [-0.2, 0) is 19.1 Å². The predicted octanol–water partition coefficient (Wildman–Crippen LogP) is 1.89. The molecule has 2 fully saturated rings. The molecule has 3 rings (SSSR count). The molecule has 26 heavy (non-hydrogen) atoms. The molecule has 7 unspecified atom stereocenters. The number of aliphatic hydroxyl groups excluding tert-OH is 2. The van der Waals surface area contributed by atoms with Crippen LogP contribution in [0.5, 0.6) is 0 Å². The van der Waals surface area contributed by atoms with Crippen LogP contribution in [0.2, 0.25) is 0 Å². The van der Waals surface area contributed by atoms with E-state index in [4.69, 9.17) is 9.47 Å². The Morgan fingerprint density at radius 2 is 2.04 bits per heavy atom. The summed E-state index contributed by atoms with van der Waals surface area (Å²) in [4.78, 5) is 25.0. The lowest BCUT2D eigenvalue weighted by atomic mass is 9.54. The van der Waals surface area contributed by atoms with Gasteiger partial charge in [0.2, 0.25) is 5.60 Å². The normalized spacial score (nSPS) is 45.3. The van der Waals surface area contributed by atoms with E-state index in [0.29, 0.717) is 18.4 Å². The third-order valence-electron chi connectivity index (χ3n) is 6.77. The van der Waals surface area contributed by atoms with Crippen molar-refractivity contribution < 1.29 is 29.3 Å². The van der Waals surface area contributed by atoms with Crippen LogP contribution in [0.25, 0.3) is 0 Å². The van der Waals surface area contributed by atoms with E-state index in [-0.39, 0.29) is 11.8 Å². The molecule has 0 aromatic carbocycles. The summed E-state index contributed by atoms with van der Waals surface area (Å²) in [6.07, 6.45) is 2.13. The van der Waals surface area contributed by atoms with Gasteiger partial charge in [-0.1, -0.05) is 24.6 Å². The highest BCUT2D eigenvalue weighted by Gasteiger charge is 2.66. The van der Waals surface area contributed by atoms with E-state index in [1.54, 1.807) is 32.9 Å². The molecule has 1 aliphatic heterocycles. The summed E-state index contributed by atoms with van der Waals surface area (Å²) in [6.45, 7) is 8.82. The number of carbonyl (C=O) groups excluding carboxylic acids is 2. The fourth-order valence-corrected chi connectivity index (χ4v) is 5.00. The van der Waals surface area contributed by atoms with Gasteiger partial charge in [-0.3, -0.25) is 0 Å². The minimum atomic E-state index is -1.34. The number of carbonyl (C=O) groups is 2. The van der Waals surface area contributed by atoms with Gasteiger partial charge in [0.15, 0.2) is 0 Å². The summed E-state index contributed by atoms with van der Waals surface area (Å²) in [5.41, 5.74) is -0.591. The van der Waals surface area contributed by atoms with Gasteiger partial charge < -0.3 is 19.7 Å². The fraction of sp³-hybridized carbons (Fsp3) is 0.700. The van der Waals surface area contributed by atoms with Crippen molar-refractivity contribution in [1.82, 2.24) is 0 Å². The minimum absolute atomic E-state index is 0.216. The Bertz CT molecular complexity index is 694. The van der Waals surface area contributed by atoms with Crippen LogP contribution in [0.3, 0.4) is 0 Å². The molecule has 0 aromatic rings. The number of rotatable bonds is 2. The SMILES string of the molecule is CC=C(C)C(=O)OC1(C)C(=O)OC2C1CCC1(C)C(O)C(O)C=C(C)C21. The Morgan fingerprint density at radius 3 is 2.65 bits per heavy atom. The highest BCUT2D eigenvalue weighted by Crippen LogP contribution is 2.57. The highest BCUT2D eigenvalue weighted by molar-refractivity contribution is 5.92.